The molecular weight excluding hydrogens is 421 g/mol. The van der Waals surface area contributed by atoms with E-state index in [1.54, 1.807) is 10.7 Å². The van der Waals surface area contributed by atoms with Gasteiger partial charge in [0.15, 0.2) is 11.6 Å². The summed E-state index contributed by atoms with van der Waals surface area (Å²) in [6, 6.07) is 8.64. The van der Waals surface area contributed by atoms with Crippen molar-refractivity contribution in [3.63, 3.8) is 0 Å². The first-order valence-corrected chi connectivity index (χ1v) is 10.5. The molecule has 0 spiro atoms. The molecule has 0 saturated carbocycles. The number of nitrogens with one attached hydrogen (secondary N) is 1. The van der Waals surface area contributed by atoms with Gasteiger partial charge in [-0.25, -0.2) is 0 Å². The van der Waals surface area contributed by atoms with E-state index in [0.717, 1.165) is 49.4 Å². The van der Waals surface area contributed by atoms with Gasteiger partial charge in [-0.1, -0.05) is 12.1 Å². The van der Waals surface area contributed by atoms with Gasteiger partial charge in [-0.3, -0.25) is 4.79 Å². The fraction of sp³-hybridized carbons (Fsp3) is 0.364. The molecule has 0 unspecified atom stereocenters. The molecule has 1 fully saturated rings. The van der Waals surface area contributed by atoms with Crippen LogP contribution in [0.25, 0.3) is 5.82 Å². The number of anilines is 2. The van der Waals surface area contributed by atoms with E-state index in [0.29, 0.717) is 22.9 Å². The van der Waals surface area contributed by atoms with Gasteiger partial charge >= 0.3 is 6.18 Å². The lowest BCUT2D eigenvalue weighted by Gasteiger charge is -2.24. The van der Waals surface area contributed by atoms with Gasteiger partial charge in [0.25, 0.3) is 0 Å². The normalized spacial score (nSPS) is 18.6. The quantitative estimate of drug-likeness (QED) is 0.662. The van der Waals surface area contributed by atoms with Gasteiger partial charge in [0, 0.05) is 31.0 Å². The smallest absolute Gasteiger partial charge is 0.355 e. The number of fused-ring (bicyclic) bond motifs is 1. The minimum absolute atomic E-state index is 0.129. The summed E-state index contributed by atoms with van der Waals surface area (Å²) < 4.78 is 40.4. The Kier molecular flexibility index (Phi) is 4.87. The largest absolute Gasteiger partial charge is 0.416 e. The number of alkyl halides is 3. The Morgan fingerprint density at radius 3 is 2.28 bits per heavy atom. The van der Waals surface area contributed by atoms with Gasteiger partial charge in [0.2, 0.25) is 5.91 Å². The molecule has 32 heavy (non-hydrogen) atoms. The third-order valence-corrected chi connectivity index (χ3v) is 6.03. The van der Waals surface area contributed by atoms with Gasteiger partial charge in [-0.2, -0.15) is 23.0 Å². The van der Waals surface area contributed by atoms with Crippen molar-refractivity contribution in [1.29, 1.82) is 0 Å². The van der Waals surface area contributed by atoms with Gasteiger partial charge < -0.3 is 10.2 Å². The highest BCUT2D eigenvalue weighted by Gasteiger charge is 2.34. The number of carbonyl (C=O) groups is 1. The number of hydrogen-bond acceptors (Lipinski definition) is 5. The number of nitrogens with zero attached hydrogens (tertiary/aromatic N) is 5. The van der Waals surface area contributed by atoms with Crippen molar-refractivity contribution in [2.45, 2.75) is 38.3 Å². The van der Waals surface area contributed by atoms with E-state index < -0.39 is 17.7 Å². The Bertz CT molecular complexity index is 1150. The molecule has 2 aromatic heterocycles. The van der Waals surface area contributed by atoms with E-state index >= 15 is 0 Å². The van der Waals surface area contributed by atoms with Gasteiger partial charge in [0.05, 0.1) is 11.3 Å². The van der Waals surface area contributed by atoms with Crippen LogP contribution in [-0.2, 0) is 11.0 Å². The molecule has 1 saturated heterocycles. The van der Waals surface area contributed by atoms with Crippen molar-refractivity contribution < 1.29 is 18.0 Å². The Balaban J connectivity index is 1.51. The van der Waals surface area contributed by atoms with Crippen molar-refractivity contribution >= 4 is 17.5 Å². The SMILES string of the molecule is Cc1nn(-c2ccc(N3CCCC3)nn2)c2c1[C@H](c1ccc(C(F)(F)F)cc1)CC(=O)N2. The summed E-state index contributed by atoms with van der Waals surface area (Å²) in [4.78, 5) is 14.7. The minimum atomic E-state index is -4.41. The number of aryl methyl sites for hydroxylation is 1. The molecule has 1 amide bonds. The molecule has 0 aliphatic carbocycles. The zero-order valence-corrected chi connectivity index (χ0v) is 17.4. The van der Waals surface area contributed by atoms with Crippen molar-refractivity contribution in [2.24, 2.45) is 0 Å². The van der Waals surface area contributed by atoms with Crippen LogP contribution < -0.4 is 10.2 Å². The highest BCUT2D eigenvalue weighted by atomic mass is 19.4. The van der Waals surface area contributed by atoms with E-state index in [9.17, 15) is 18.0 Å². The number of hydrogen-bond donors (Lipinski definition) is 1. The van der Waals surface area contributed by atoms with E-state index in [1.165, 1.54) is 12.1 Å². The Labute approximate surface area is 182 Å². The summed E-state index contributed by atoms with van der Waals surface area (Å²) in [5.74, 6) is 1.12. The molecule has 166 valence electrons. The molecule has 7 nitrogen and oxygen atoms in total. The fourth-order valence-corrected chi connectivity index (χ4v) is 4.45. The first kappa shape index (κ1) is 20.5. The lowest BCUT2D eigenvalue weighted by Crippen LogP contribution is -2.25. The maximum Gasteiger partial charge on any atom is 0.416 e. The summed E-state index contributed by atoms with van der Waals surface area (Å²) >= 11 is 0. The summed E-state index contributed by atoms with van der Waals surface area (Å²) in [6.45, 7) is 3.72. The zero-order valence-electron chi connectivity index (χ0n) is 17.4. The van der Waals surface area contributed by atoms with Crippen molar-refractivity contribution in [1.82, 2.24) is 20.0 Å². The number of rotatable bonds is 3. The molecule has 2 aliphatic heterocycles. The first-order valence-electron chi connectivity index (χ1n) is 10.5. The molecule has 3 aromatic rings. The lowest BCUT2D eigenvalue weighted by molar-refractivity contribution is -0.137. The van der Waals surface area contributed by atoms with Gasteiger partial charge in [0.1, 0.15) is 5.82 Å². The predicted molar refractivity (Wildman–Crippen MR) is 112 cm³/mol. The second-order valence-electron chi connectivity index (χ2n) is 8.13. The minimum Gasteiger partial charge on any atom is -0.355 e. The third-order valence-electron chi connectivity index (χ3n) is 6.03. The molecule has 0 radical (unpaired) electrons. The highest BCUT2D eigenvalue weighted by molar-refractivity contribution is 5.95. The molecule has 10 heteroatoms. The van der Waals surface area contributed by atoms with Crippen LogP contribution in [0.4, 0.5) is 24.8 Å². The number of aromatic nitrogens is 4. The molecule has 1 aromatic carbocycles. The van der Waals surface area contributed by atoms with Crippen molar-refractivity contribution in [3.05, 3.63) is 58.8 Å². The average Bonchev–Trinajstić information content (AvgIpc) is 3.41. The van der Waals surface area contributed by atoms with Crippen LogP contribution in [0.5, 0.6) is 0 Å². The number of halogens is 3. The number of benzene rings is 1. The summed E-state index contributed by atoms with van der Waals surface area (Å²) in [5.41, 5.74) is 1.36. The van der Waals surface area contributed by atoms with Crippen LogP contribution in [0, 0.1) is 6.92 Å². The maximum atomic E-state index is 13.0. The molecule has 2 aliphatic rings. The van der Waals surface area contributed by atoms with E-state index in [4.69, 9.17) is 0 Å². The number of amides is 1. The molecular formula is C22H21F3N6O. The lowest BCUT2D eigenvalue weighted by atomic mass is 9.85. The maximum absolute atomic E-state index is 13.0. The third kappa shape index (κ3) is 3.59. The predicted octanol–water partition coefficient (Wildman–Crippen LogP) is 4.06. The van der Waals surface area contributed by atoms with Crippen LogP contribution >= 0.6 is 0 Å². The second kappa shape index (κ2) is 7.61. The Morgan fingerprint density at radius 1 is 1.00 bits per heavy atom. The van der Waals surface area contributed by atoms with Crippen LogP contribution in [0.3, 0.4) is 0 Å². The van der Waals surface area contributed by atoms with Crippen LogP contribution in [0.1, 0.15) is 47.6 Å². The van der Waals surface area contributed by atoms with Gasteiger partial charge in [-0.05, 0) is 49.6 Å². The second-order valence-corrected chi connectivity index (χ2v) is 8.13. The van der Waals surface area contributed by atoms with Crippen LogP contribution in [0.15, 0.2) is 36.4 Å². The first-order chi connectivity index (χ1) is 15.3. The molecule has 1 atom stereocenters. The van der Waals surface area contributed by atoms with Gasteiger partial charge in [-0.15, -0.1) is 10.2 Å². The topological polar surface area (TPSA) is 75.9 Å². The molecule has 1 N–H and O–H groups in total. The van der Waals surface area contributed by atoms with Crippen LogP contribution in [0.2, 0.25) is 0 Å². The highest BCUT2D eigenvalue weighted by Crippen LogP contribution is 2.41. The van der Waals surface area contributed by atoms with Crippen molar-refractivity contribution in [2.75, 3.05) is 23.3 Å². The summed E-state index contributed by atoms with van der Waals surface area (Å²) in [7, 11) is 0. The Hall–Kier alpha value is -3.43. The monoisotopic (exact) mass is 442 g/mol. The molecule has 0 bridgehead atoms. The summed E-state index contributed by atoms with van der Waals surface area (Å²) in [5, 5.41) is 16.0. The standard InChI is InChI=1S/C22H21F3N6O/c1-13-20-16(14-4-6-15(7-5-14)22(23,24)25)12-19(32)26-21(20)31(29-13)18-9-8-17(27-28-18)30-10-2-3-11-30/h4-9,16H,2-3,10-12H2,1H3,(H,26,32)/t16-/m0/s1. The summed E-state index contributed by atoms with van der Waals surface area (Å²) in [6.07, 6.45) is -2.02. The molecule has 5 rings (SSSR count). The van der Waals surface area contributed by atoms with E-state index in [2.05, 4.69) is 25.5 Å². The van der Waals surface area contributed by atoms with Crippen LogP contribution in [-0.4, -0.2) is 39.0 Å². The number of carbonyl (C=O) groups excluding carboxylic acids is 1. The Morgan fingerprint density at radius 2 is 1.66 bits per heavy atom. The molecule has 4 heterocycles. The van der Waals surface area contributed by atoms with E-state index in [-0.39, 0.29) is 12.3 Å². The average molecular weight is 442 g/mol. The van der Waals surface area contributed by atoms with Crippen molar-refractivity contribution in [3.8, 4) is 5.82 Å². The van der Waals surface area contributed by atoms with E-state index in [1.807, 2.05) is 13.0 Å². The zero-order chi connectivity index (χ0) is 22.5. The fourth-order valence-electron chi connectivity index (χ4n) is 4.45.